The molecular weight excluding hydrogens is 1060 g/mol. The first-order valence-electron chi connectivity index (χ1n) is 20.6. The number of fused-ring (bicyclic) bond motifs is 4. The number of hydrogen-bond acceptors (Lipinski definition) is 15. The van der Waals surface area contributed by atoms with Crippen LogP contribution in [0, 0.1) is 0 Å². The van der Waals surface area contributed by atoms with Gasteiger partial charge in [0.05, 0.1) is 45.9 Å². The molecule has 10 aromatic rings. The lowest BCUT2D eigenvalue weighted by atomic mass is 10.0. The molecule has 0 saturated carbocycles. The van der Waals surface area contributed by atoms with Crippen LogP contribution in [0.5, 0.6) is 0 Å². The van der Waals surface area contributed by atoms with Crippen molar-refractivity contribution in [3.63, 3.8) is 0 Å². The fourth-order valence-corrected chi connectivity index (χ4v) is 9.86. The summed E-state index contributed by atoms with van der Waals surface area (Å²) in [6.07, 6.45) is 10.6. The van der Waals surface area contributed by atoms with E-state index in [0.717, 1.165) is 24.9 Å². The first-order chi connectivity index (χ1) is 32.8. The van der Waals surface area contributed by atoms with Crippen molar-refractivity contribution in [3.8, 4) is 11.4 Å². The number of rotatable bonds is 8. The maximum atomic E-state index is 13.6. The first kappa shape index (κ1) is 49.1. The molecule has 2 aromatic carbocycles. The highest BCUT2D eigenvalue weighted by Crippen LogP contribution is 2.39. The average molecular weight is 1100 g/mol. The zero-order chi connectivity index (χ0) is 47.2. The van der Waals surface area contributed by atoms with E-state index >= 15 is 0 Å². The van der Waals surface area contributed by atoms with Crippen LogP contribution in [0.4, 0.5) is 11.9 Å². The van der Waals surface area contributed by atoms with Crippen LogP contribution >= 0.6 is 85.2 Å². The normalized spacial score (nSPS) is 15.6. The number of nitrogens with zero attached hydrogens (tertiary/aromatic N) is 16. The van der Waals surface area contributed by atoms with Crippen molar-refractivity contribution < 1.29 is 8.42 Å². The van der Waals surface area contributed by atoms with E-state index in [1.807, 2.05) is 59.7 Å². The average Bonchev–Trinajstić information content (AvgIpc) is 4.09. The molecule has 2 aliphatic heterocycles. The molecule has 10 heterocycles. The largest absolute Gasteiger partial charge is 0.330 e. The second kappa shape index (κ2) is 19.0. The molecular formula is C42H36Cl4N16O4S4. The summed E-state index contributed by atoms with van der Waals surface area (Å²) in [6, 6.07) is 21.2. The van der Waals surface area contributed by atoms with Gasteiger partial charge >= 0.3 is 0 Å². The fraction of sp³-hybridized carbons (Fsp3) is 0.190. The van der Waals surface area contributed by atoms with Gasteiger partial charge in [0.25, 0.3) is 16.3 Å². The maximum Gasteiger partial charge on any atom is 0.284 e. The van der Waals surface area contributed by atoms with Crippen LogP contribution in [0.1, 0.15) is 36.6 Å². The molecule has 2 atom stereocenters. The van der Waals surface area contributed by atoms with Crippen molar-refractivity contribution in [2.75, 3.05) is 35.4 Å². The lowest BCUT2D eigenvalue weighted by molar-refractivity contribution is 0.412. The molecule has 360 valence electrons. The molecule has 0 radical (unpaired) electrons. The number of sulfone groups is 1. The zero-order valence-corrected chi connectivity index (χ0v) is 43.0. The summed E-state index contributed by atoms with van der Waals surface area (Å²) < 4.78 is 33.7. The Morgan fingerprint density at radius 1 is 0.600 bits per heavy atom. The fourth-order valence-electron chi connectivity index (χ4n) is 8.23. The van der Waals surface area contributed by atoms with E-state index in [1.54, 1.807) is 56.5 Å². The van der Waals surface area contributed by atoms with E-state index in [4.69, 9.17) is 61.6 Å². The van der Waals surface area contributed by atoms with Gasteiger partial charge < -0.3 is 9.80 Å². The molecule has 20 nitrogen and oxygen atoms in total. The van der Waals surface area contributed by atoms with Gasteiger partial charge in [0.2, 0.25) is 21.7 Å². The molecule has 2 aliphatic rings. The second-order valence-electron chi connectivity index (χ2n) is 15.6. The van der Waals surface area contributed by atoms with E-state index in [0.29, 0.717) is 67.6 Å². The van der Waals surface area contributed by atoms with Gasteiger partial charge in [0.15, 0.2) is 28.1 Å². The molecule has 70 heavy (non-hydrogen) atoms. The number of anilines is 2. The second-order valence-corrected chi connectivity index (χ2v) is 19.9. The summed E-state index contributed by atoms with van der Waals surface area (Å²) in [5, 5.41) is 19.7. The lowest BCUT2D eigenvalue weighted by Crippen LogP contribution is -2.46. The van der Waals surface area contributed by atoms with Gasteiger partial charge in [-0.15, -0.1) is 0 Å². The van der Waals surface area contributed by atoms with Crippen molar-refractivity contribution in [2.24, 2.45) is 0 Å². The molecule has 0 spiro atoms. The Morgan fingerprint density at radius 2 is 1.04 bits per heavy atom. The number of para-hydroxylation sites is 2. The standard InChI is InChI=1S/C21H16Cl2N8O3S.C21H16Cl2N8OS.2H2S/c1-35(33,34)20-25-17-14(23)11-24-31(17)21(26-20)28-9-8-15(28)18-27-29-10-7-13(22)16(29)19(32)30(18)12-5-3-2-4-6-12;1-33-20-25-17-14(23)11-24-31(17)21(26-20)28-9-8-15(28)18-27-29-10-7-13(22)16(29)19(32)30(18)12-5-3-2-4-6-12;;/h2-7,10-11,15H,8-9H2,1H3;2-7,10-11,15H,8-9H2,1H3;2*1H2/t2*15-;;/m00../s1. The minimum atomic E-state index is -3.73. The van der Waals surface area contributed by atoms with Crippen molar-refractivity contribution in [1.82, 2.24) is 67.5 Å². The monoisotopic (exact) mass is 1100 g/mol. The Bertz CT molecular complexity index is 3890. The molecule has 2 saturated heterocycles. The van der Waals surface area contributed by atoms with E-state index in [2.05, 4.69) is 30.0 Å². The highest BCUT2D eigenvalue weighted by molar-refractivity contribution is 7.98. The molecule has 0 bridgehead atoms. The number of aromatic nitrogens is 14. The van der Waals surface area contributed by atoms with E-state index in [9.17, 15) is 18.0 Å². The van der Waals surface area contributed by atoms with Crippen molar-refractivity contribution in [1.29, 1.82) is 0 Å². The van der Waals surface area contributed by atoms with Gasteiger partial charge in [-0.05, 0) is 55.5 Å². The molecule has 2 fully saturated rings. The molecule has 0 aliphatic carbocycles. The Balaban J connectivity index is 0.000000169. The smallest absolute Gasteiger partial charge is 0.284 e. The summed E-state index contributed by atoms with van der Waals surface area (Å²) in [7, 11) is -3.73. The Kier molecular flexibility index (Phi) is 13.4. The Morgan fingerprint density at radius 3 is 1.46 bits per heavy atom. The molecule has 8 aromatic heterocycles. The third-order valence-corrected chi connectivity index (χ3v) is 14.1. The number of benzene rings is 2. The maximum absolute atomic E-state index is 13.6. The van der Waals surface area contributed by atoms with Crippen molar-refractivity contribution in [3.05, 3.63) is 150 Å². The highest BCUT2D eigenvalue weighted by atomic mass is 35.5. The van der Waals surface area contributed by atoms with Crippen LogP contribution in [-0.2, 0) is 9.84 Å². The first-order valence-corrected chi connectivity index (χ1v) is 25.2. The third kappa shape index (κ3) is 8.22. The number of hydrogen-bond donors (Lipinski definition) is 0. The molecule has 0 amide bonds. The summed E-state index contributed by atoms with van der Waals surface area (Å²) in [4.78, 5) is 48.6. The Hall–Kier alpha value is -5.86. The van der Waals surface area contributed by atoms with Crippen LogP contribution in [-0.4, -0.2) is 102 Å². The van der Waals surface area contributed by atoms with E-state index < -0.39 is 15.9 Å². The van der Waals surface area contributed by atoms with Crippen LogP contribution in [0.2, 0.25) is 20.1 Å². The van der Waals surface area contributed by atoms with Gasteiger partial charge in [0.1, 0.15) is 21.1 Å². The van der Waals surface area contributed by atoms with Crippen molar-refractivity contribution in [2.45, 2.75) is 35.2 Å². The Labute approximate surface area is 434 Å². The van der Waals surface area contributed by atoms with E-state index in [1.165, 1.54) is 31.6 Å². The SMILES string of the molecule is CS(=O)(=O)c1nc(N2CC[C@H]2c2nn3ccc(Cl)c3c(=O)n2-c2ccccc2)n2ncc(Cl)c2n1.CSc1nc(N2CC[C@H]2c2nn3ccc(Cl)c3c(=O)n2-c2ccccc2)n2ncc(Cl)c2n1.S.S. The molecule has 0 unspecified atom stereocenters. The zero-order valence-electron chi connectivity index (χ0n) is 36.3. The number of thioether (sulfide) groups is 1. The van der Waals surface area contributed by atoms with Crippen LogP contribution in [0.15, 0.2) is 117 Å². The third-order valence-electron chi connectivity index (χ3n) is 11.6. The summed E-state index contributed by atoms with van der Waals surface area (Å²) in [5.41, 5.74) is 2.09. The van der Waals surface area contributed by atoms with Gasteiger partial charge in [-0.25, -0.2) is 22.4 Å². The summed E-state index contributed by atoms with van der Waals surface area (Å²) >= 11 is 26.6. The quantitative estimate of drug-likeness (QED) is 0.145. The van der Waals surface area contributed by atoms with Gasteiger partial charge in [-0.1, -0.05) is 94.6 Å². The highest BCUT2D eigenvalue weighted by Gasteiger charge is 2.39. The van der Waals surface area contributed by atoms with Gasteiger partial charge in [-0.2, -0.15) is 71.4 Å². The summed E-state index contributed by atoms with van der Waals surface area (Å²) in [6.45, 7) is 1.24. The van der Waals surface area contributed by atoms with Crippen LogP contribution in [0.25, 0.3) is 33.7 Å². The lowest BCUT2D eigenvalue weighted by Gasteiger charge is -2.41. The van der Waals surface area contributed by atoms with E-state index in [-0.39, 0.29) is 71.4 Å². The molecule has 28 heteroatoms. The topological polar surface area (TPSA) is 205 Å². The molecule has 12 rings (SSSR count). The van der Waals surface area contributed by atoms with Crippen LogP contribution < -0.4 is 20.9 Å². The predicted octanol–water partition coefficient (Wildman–Crippen LogP) is 6.71. The minimum absolute atomic E-state index is 0. The minimum Gasteiger partial charge on any atom is -0.330 e. The number of halogens is 4. The van der Waals surface area contributed by atoms with Gasteiger partial charge in [-0.3, -0.25) is 18.7 Å². The predicted molar refractivity (Wildman–Crippen MR) is 278 cm³/mol. The summed E-state index contributed by atoms with van der Waals surface area (Å²) in [5.74, 6) is 1.87. The molecule has 0 N–H and O–H groups in total. The van der Waals surface area contributed by atoms with Crippen molar-refractivity contribution >= 4 is 129 Å². The van der Waals surface area contributed by atoms with Crippen LogP contribution in [0.3, 0.4) is 0 Å². The van der Waals surface area contributed by atoms with Gasteiger partial charge in [0, 0.05) is 31.7 Å².